The molecular formula is C11H18N2O2S. The highest BCUT2D eigenvalue weighted by atomic mass is 32.1. The first kappa shape index (κ1) is 13.0. The molecule has 1 rings (SSSR count). The van der Waals surface area contributed by atoms with Crippen LogP contribution < -0.4 is 5.32 Å². The molecule has 1 aromatic heterocycles. The van der Waals surface area contributed by atoms with Gasteiger partial charge < -0.3 is 10.4 Å². The second-order valence-corrected chi connectivity index (χ2v) is 5.77. The number of carboxylic acids is 1. The minimum atomic E-state index is -0.763. The SMILES string of the molecule is Cc1nc(NC(C)(C)CCC(=O)O)sc1C. The lowest BCUT2D eigenvalue weighted by molar-refractivity contribution is -0.137. The van der Waals surface area contributed by atoms with Gasteiger partial charge in [-0.1, -0.05) is 0 Å². The van der Waals surface area contributed by atoms with E-state index in [0.29, 0.717) is 6.42 Å². The molecule has 0 aliphatic rings. The van der Waals surface area contributed by atoms with Crippen LogP contribution in [0.5, 0.6) is 0 Å². The maximum absolute atomic E-state index is 10.5. The van der Waals surface area contributed by atoms with E-state index < -0.39 is 5.97 Å². The van der Waals surface area contributed by atoms with E-state index in [4.69, 9.17) is 5.11 Å². The van der Waals surface area contributed by atoms with Crippen LogP contribution in [0.1, 0.15) is 37.3 Å². The minimum Gasteiger partial charge on any atom is -0.481 e. The molecule has 1 heterocycles. The van der Waals surface area contributed by atoms with E-state index in [1.165, 1.54) is 4.88 Å². The first-order valence-corrected chi connectivity index (χ1v) is 6.06. The van der Waals surface area contributed by atoms with Crippen LogP contribution >= 0.6 is 11.3 Å². The van der Waals surface area contributed by atoms with Gasteiger partial charge in [0.05, 0.1) is 5.69 Å². The Morgan fingerprint density at radius 2 is 2.12 bits per heavy atom. The van der Waals surface area contributed by atoms with E-state index in [-0.39, 0.29) is 12.0 Å². The van der Waals surface area contributed by atoms with Gasteiger partial charge in [-0.3, -0.25) is 4.79 Å². The van der Waals surface area contributed by atoms with Crippen LogP contribution in [-0.2, 0) is 4.79 Å². The third-order valence-electron chi connectivity index (χ3n) is 2.44. The normalized spacial score (nSPS) is 11.5. The van der Waals surface area contributed by atoms with Crippen LogP contribution in [0.3, 0.4) is 0 Å². The standard InChI is InChI=1S/C11H18N2O2S/c1-7-8(2)16-10(12-7)13-11(3,4)6-5-9(14)15/h5-6H2,1-4H3,(H,12,13)(H,14,15). The number of rotatable bonds is 5. The number of aliphatic carboxylic acids is 1. The summed E-state index contributed by atoms with van der Waals surface area (Å²) in [7, 11) is 0. The van der Waals surface area contributed by atoms with E-state index in [1.54, 1.807) is 11.3 Å². The lowest BCUT2D eigenvalue weighted by atomic mass is 9.99. The molecule has 0 spiro atoms. The predicted octanol–water partition coefficient (Wildman–Crippen LogP) is 2.82. The number of hydrogen-bond acceptors (Lipinski definition) is 4. The van der Waals surface area contributed by atoms with Gasteiger partial charge in [-0.15, -0.1) is 11.3 Å². The molecule has 0 bridgehead atoms. The molecule has 5 heteroatoms. The van der Waals surface area contributed by atoms with Gasteiger partial charge in [0.15, 0.2) is 5.13 Å². The third kappa shape index (κ3) is 3.81. The van der Waals surface area contributed by atoms with Crippen molar-refractivity contribution >= 4 is 22.4 Å². The van der Waals surface area contributed by atoms with E-state index in [2.05, 4.69) is 10.3 Å². The lowest BCUT2D eigenvalue weighted by Gasteiger charge is -2.25. The van der Waals surface area contributed by atoms with E-state index >= 15 is 0 Å². The quantitative estimate of drug-likeness (QED) is 0.833. The Hall–Kier alpha value is -1.10. The summed E-state index contributed by atoms with van der Waals surface area (Å²) in [4.78, 5) is 16.1. The predicted molar refractivity (Wildman–Crippen MR) is 66.2 cm³/mol. The maximum Gasteiger partial charge on any atom is 0.303 e. The van der Waals surface area contributed by atoms with E-state index in [9.17, 15) is 4.79 Å². The van der Waals surface area contributed by atoms with Crippen LogP contribution in [0.25, 0.3) is 0 Å². The highest BCUT2D eigenvalue weighted by Crippen LogP contribution is 2.26. The number of anilines is 1. The summed E-state index contributed by atoms with van der Waals surface area (Å²) in [5.74, 6) is -0.763. The molecule has 0 amide bonds. The summed E-state index contributed by atoms with van der Waals surface area (Å²) in [6.45, 7) is 7.98. The molecule has 0 aliphatic carbocycles. The number of hydrogen-bond donors (Lipinski definition) is 2. The minimum absolute atomic E-state index is 0.170. The molecule has 0 fully saturated rings. The number of thiazole rings is 1. The van der Waals surface area contributed by atoms with Crippen LogP contribution in [0.2, 0.25) is 0 Å². The fourth-order valence-corrected chi connectivity index (χ4v) is 2.29. The topological polar surface area (TPSA) is 62.2 Å². The molecule has 0 saturated heterocycles. The molecule has 0 aromatic carbocycles. The zero-order valence-corrected chi connectivity index (χ0v) is 10.9. The highest BCUT2D eigenvalue weighted by Gasteiger charge is 2.20. The first-order chi connectivity index (χ1) is 7.30. The van der Waals surface area contributed by atoms with Crippen molar-refractivity contribution in [2.45, 2.75) is 46.1 Å². The molecule has 90 valence electrons. The first-order valence-electron chi connectivity index (χ1n) is 5.24. The molecule has 0 radical (unpaired) electrons. The number of nitrogens with zero attached hydrogens (tertiary/aromatic N) is 1. The Balaban J connectivity index is 2.61. The summed E-state index contributed by atoms with van der Waals surface area (Å²) in [5.41, 5.74) is 0.788. The van der Waals surface area contributed by atoms with Gasteiger partial charge in [-0.25, -0.2) is 4.98 Å². The molecule has 0 saturated carbocycles. The molecular weight excluding hydrogens is 224 g/mol. The summed E-state index contributed by atoms with van der Waals surface area (Å²) in [5, 5.41) is 12.8. The molecule has 2 N–H and O–H groups in total. The third-order valence-corrected chi connectivity index (χ3v) is 3.43. The van der Waals surface area contributed by atoms with Crippen molar-refractivity contribution in [3.63, 3.8) is 0 Å². The van der Waals surface area contributed by atoms with E-state index in [0.717, 1.165) is 10.8 Å². The van der Waals surface area contributed by atoms with Gasteiger partial charge in [0, 0.05) is 16.8 Å². The van der Waals surface area contributed by atoms with Gasteiger partial charge >= 0.3 is 5.97 Å². The Morgan fingerprint density at radius 3 is 2.56 bits per heavy atom. The van der Waals surface area contributed by atoms with Crippen molar-refractivity contribution in [1.29, 1.82) is 0 Å². The van der Waals surface area contributed by atoms with Crippen LogP contribution in [0, 0.1) is 13.8 Å². The zero-order chi connectivity index (χ0) is 12.3. The van der Waals surface area contributed by atoms with Gasteiger partial charge in [0.2, 0.25) is 0 Å². The fraction of sp³-hybridized carbons (Fsp3) is 0.636. The van der Waals surface area contributed by atoms with Crippen molar-refractivity contribution in [3.8, 4) is 0 Å². The van der Waals surface area contributed by atoms with Gasteiger partial charge in [0.25, 0.3) is 0 Å². The number of aromatic nitrogens is 1. The molecule has 4 nitrogen and oxygen atoms in total. The average Bonchev–Trinajstić information content (AvgIpc) is 2.42. The second kappa shape index (κ2) is 4.82. The Bertz CT molecular complexity index is 366. The molecule has 0 atom stereocenters. The van der Waals surface area contributed by atoms with Crippen molar-refractivity contribution in [2.75, 3.05) is 5.32 Å². The van der Waals surface area contributed by atoms with Gasteiger partial charge in [-0.05, 0) is 34.1 Å². The number of carboxylic acid groups (broad SMARTS) is 1. The van der Waals surface area contributed by atoms with Crippen LogP contribution in [-0.4, -0.2) is 21.6 Å². The Kier molecular flexibility index (Phi) is 3.91. The molecule has 1 aromatic rings. The maximum atomic E-state index is 10.5. The van der Waals surface area contributed by atoms with Crippen LogP contribution in [0.4, 0.5) is 5.13 Å². The van der Waals surface area contributed by atoms with Gasteiger partial charge in [-0.2, -0.15) is 0 Å². The summed E-state index contributed by atoms with van der Waals surface area (Å²) >= 11 is 1.61. The van der Waals surface area contributed by atoms with E-state index in [1.807, 2.05) is 27.7 Å². The number of nitrogens with one attached hydrogen (secondary N) is 1. The van der Waals surface area contributed by atoms with Crippen molar-refractivity contribution < 1.29 is 9.90 Å². The number of carbonyl (C=O) groups is 1. The second-order valence-electron chi connectivity index (χ2n) is 4.56. The van der Waals surface area contributed by atoms with Crippen LogP contribution in [0.15, 0.2) is 0 Å². The largest absolute Gasteiger partial charge is 0.481 e. The van der Waals surface area contributed by atoms with Gasteiger partial charge in [0.1, 0.15) is 0 Å². The van der Waals surface area contributed by atoms with Crippen molar-refractivity contribution in [3.05, 3.63) is 10.6 Å². The highest BCUT2D eigenvalue weighted by molar-refractivity contribution is 7.15. The number of aryl methyl sites for hydroxylation is 2. The zero-order valence-electron chi connectivity index (χ0n) is 10.1. The Morgan fingerprint density at radius 1 is 1.50 bits per heavy atom. The lowest BCUT2D eigenvalue weighted by Crippen LogP contribution is -2.31. The molecule has 0 aliphatic heterocycles. The fourth-order valence-electron chi connectivity index (χ4n) is 1.30. The molecule has 0 unspecified atom stereocenters. The summed E-state index contributed by atoms with van der Waals surface area (Å²) in [6.07, 6.45) is 0.753. The summed E-state index contributed by atoms with van der Waals surface area (Å²) < 4.78 is 0. The Labute approximate surface area is 99.7 Å². The smallest absolute Gasteiger partial charge is 0.303 e. The summed E-state index contributed by atoms with van der Waals surface area (Å²) in [6, 6.07) is 0. The monoisotopic (exact) mass is 242 g/mol. The molecule has 16 heavy (non-hydrogen) atoms. The van der Waals surface area contributed by atoms with Crippen molar-refractivity contribution in [1.82, 2.24) is 4.98 Å². The van der Waals surface area contributed by atoms with Crippen molar-refractivity contribution in [2.24, 2.45) is 0 Å². The average molecular weight is 242 g/mol.